The minimum atomic E-state index is 0.108. The van der Waals surface area contributed by atoms with E-state index in [1.54, 1.807) is 6.07 Å². The van der Waals surface area contributed by atoms with Gasteiger partial charge in [-0.05, 0) is 37.3 Å². The van der Waals surface area contributed by atoms with Gasteiger partial charge in [0.25, 0.3) is 5.89 Å². The van der Waals surface area contributed by atoms with Crippen molar-refractivity contribution in [3.05, 3.63) is 59.4 Å². The summed E-state index contributed by atoms with van der Waals surface area (Å²) in [5.74, 6) is 1.46. The summed E-state index contributed by atoms with van der Waals surface area (Å²) in [7, 11) is 0. The Hall–Kier alpha value is -2.57. The number of hydrogen-bond donors (Lipinski definition) is 2. The van der Waals surface area contributed by atoms with Gasteiger partial charge in [-0.2, -0.15) is 0 Å². The summed E-state index contributed by atoms with van der Waals surface area (Å²) in [4.78, 5) is 3.61. The van der Waals surface area contributed by atoms with Gasteiger partial charge in [-0.3, -0.25) is 0 Å². The molecule has 6 nitrogen and oxygen atoms in total. The highest BCUT2D eigenvalue weighted by Gasteiger charge is 2.30. The van der Waals surface area contributed by atoms with E-state index in [1.165, 1.54) is 4.90 Å². The van der Waals surface area contributed by atoms with Crippen molar-refractivity contribution in [2.45, 2.75) is 13.0 Å². The fourth-order valence-corrected chi connectivity index (χ4v) is 3.71. The van der Waals surface area contributed by atoms with E-state index in [0.717, 1.165) is 37.4 Å². The zero-order valence-corrected chi connectivity index (χ0v) is 15.9. The molecule has 1 aliphatic rings. The summed E-state index contributed by atoms with van der Waals surface area (Å²) in [6, 6.07) is 15.0. The van der Waals surface area contributed by atoms with Gasteiger partial charge in [0.05, 0.1) is 31.9 Å². The Morgan fingerprint density at radius 1 is 1.11 bits per heavy atom. The minimum absolute atomic E-state index is 0.108. The van der Waals surface area contributed by atoms with Gasteiger partial charge in [0, 0.05) is 10.6 Å². The van der Waals surface area contributed by atoms with E-state index in [1.807, 2.05) is 42.5 Å². The van der Waals surface area contributed by atoms with E-state index >= 15 is 0 Å². The molecule has 0 amide bonds. The SMILES string of the molecule is C[C@@H](c1nnc(-c2cccc(Cl)c2)o1)[NH+]1CCN(c2ccccc2O)CC1. The van der Waals surface area contributed by atoms with E-state index < -0.39 is 0 Å². The molecule has 2 aromatic carbocycles. The van der Waals surface area contributed by atoms with Gasteiger partial charge in [0.1, 0.15) is 5.75 Å². The summed E-state index contributed by atoms with van der Waals surface area (Å²) in [6.07, 6.45) is 0. The van der Waals surface area contributed by atoms with Crippen molar-refractivity contribution in [2.75, 3.05) is 31.1 Å². The van der Waals surface area contributed by atoms with E-state index in [4.69, 9.17) is 16.0 Å². The number of benzene rings is 2. The predicted molar refractivity (Wildman–Crippen MR) is 104 cm³/mol. The Morgan fingerprint density at radius 3 is 2.63 bits per heavy atom. The number of aromatic nitrogens is 2. The van der Waals surface area contributed by atoms with Crippen molar-refractivity contribution >= 4 is 17.3 Å². The molecule has 7 heteroatoms. The lowest BCUT2D eigenvalue weighted by Crippen LogP contribution is -3.14. The van der Waals surface area contributed by atoms with Crippen molar-refractivity contribution < 1.29 is 14.4 Å². The quantitative estimate of drug-likeness (QED) is 0.722. The highest BCUT2D eigenvalue weighted by Crippen LogP contribution is 2.26. The second kappa shape index (κ2) is 7.58. The van der Waals surface area contributed by atoms with Crippen molar-refractivity contribution in [1.82, 2.24) is 10.2 Å². The van der Waals surface area contributed by atoms with Crippen LogP contribution in [-0.4, -0.2) is 41.5 Å². The molecule has 1 fully saturated rings. The molecular formula is C20H22ClN4O2+. The van der Waals surface area contributed by atoms with Gasteiger partial charge < -0.3 is 19.3 Å². The molecular weight excluding hydrogens is 364 g/mol. The van der Waals surface area contributed by atoms with Crippen LogP contribution >= 0.6 is 11.6 Å². The zero-order chi connectivity index (χ0) is 18.8. The molecule has 0 spiro atoms. The van der Waals surface area contributed by atoms with E-state index in [-0.39, 0.29) is 6.04 Å². The molecule has 1 aromatic heterocycles. The monoisotopic (exact) mass is 385 g/mol. The summed E-state index contributed by atoms with van der Waals surface area (Å²) in [6.45, 7) is 5.72. The Labute approximate surface area is 163 Å². The molecule has 1 saturated heterocycles. The normalized spacial score (nSPS) is 16.4. The average Bonchev–Trinajstić information content (AvgIpc) is 3.18. The fourth-order valence-electron chi connectivity index (χ4n) is 3.52. The van der Waals surface area contributed by atoms with Crippen LogP contribution in [0.3, 0.4) is 0 Å². The molecule has 0 unspecified atom stereocenters. The first kappa shape index (κ1) is 17.8. The first-order valence-corrected chi connectivity index (χ1v) is 9.46. The lowest BCUT2D eigenvalue weighted by molar-refractivity contribution is -0.931. The second-order valence-corrected chi connectivity index (χ2v) is 7.25. The third-order valence-electron chi connectivity index (χ3n) is 5.12. The minimum Gasteiger partial charge on any atom is -0.506 e. The van der Waals surface area contributed by atoms with Crippen LogP contribution in [0.2, 0.25) is 5.02 Å². The number of nitrogens with one attached hydrogen (secondary N) is 1. The van der Waals surface area contributed by atoms with Gasteiger partial charge >= 0.3 is 0 Å². The van der Waals surface area contributed by atoms with E-state index in [9.17, 15) is 5.11 Å². The predicted octanol–water partition coefficient (Wildman–Crippen LogP) is 2.56. The van der Waals surface area contributed by atoms with Crippen LogP contribution < -0.4 is 9.80 Å². The van der Waals surface area contributed by atoms with E-state index in [0.29, 0.717) is 22.6 Å². The third-order valence-corrected chi connectivity index (χ3v) is 5.36. The number of halogens is 1. The maximum absolute atomic E-state index is 10.1. The number of rotatable bonds is 4. The van der Waals surface area contributed by atoms with Crippen molar-refractivity contribution in [3.63, 3.8) is 0 Å². The van der Waals surface area contributed by atoms with Crippen LogP contribution in [0.15, 0.2) is 52.9 Å². The van der Waals surface area contributed by atoms with Gasteiger partial charge in [0.2, 0.25) is 5.89 Å². The van der Waals surface area contributed by atoms with Crippen LogP contribution in [0.4, 0.5) is 5.69 Å². The summed E-state index contributed by atoms with van der Waals surface area (Å²) < 4.78 is 5.91. The van der Waals surface area contributed by atoms with Crippen LogP contribution in [0.25, 0.3) is 11.5 Å². The van der Waals surface area contributed by atoms with Gasteiger partial charge in [-0.25, -0.2) is 0 Å². The number of phenols is 1. The summed E-state index contributed by atoms with van der Waals surface area (Å²) in [5.41, 5.74) is 1.72. The molecule has 4 rings (SSSR count). The number of phenolic OH excluding ortho intramolecular Hbond substituents is 1. The number of anilines is 1. The number of aromatic hydroxyl groups is 1. The highest BCUT2D eigenvalue weighted by atomic mass is 35.5. The number of piperazine rings is 1. The molecule has 2 N–H and O–H groups in total. The maximum Gasteiger partial charge on any atom is 0.274 e. The lowest BCUT2D eigenvalue weighted by Gasteiger charge is -2.35. The summed E-state index contributed by atoms with van der Waals surface area (Å²) in [5, 5.41) is 19.1. The van der Waals surface area contributed by atoms with Crippen LogP contribution in [-0.2, 0) is 0 Å². The van der Waals surface area contributed by atoms with Gasteiger partial charge in [0.15, 0.2) is 6.04 Å². The standard InChI is InChI=1S/C20H21ClN4O2/c1-14(19-22-23-20(27-19)15-5-4-6-16(21)13-15)24-9-11-25(12-10-24)17-7-2-3-8-18(17)26/h2-8,13-14,26H,9-12H2,1H3/p+1/t14-/m0/s1. The molecule has 0 saturated carbocycles. The van der Waals surface area contributed by atoms with Crippen LogP contribution in [0.1, 0.15) is 18.9 Å². The first-order valence-electron chi connectivity index (χ1n) is 9.08. The Kier molecular flexibility index (Phi) is 5.01. The summed E-state index contributed by atoms with van der Waals surface area (Å²) >= 11 is 6.04. The Balaban J connectivity index is 1.43. The zero-order valence-electron chi connectivity index (χ0n) is 15.1. The van der Waals surface area contributed by atoms with Crippen LogP contribution in [0.5, 0.6) is 5.75 Å². The number of quaternary nitrogens is 1. The molecule has 0 aliphatic carbocycles. The molecule has 2 heterocycles. The number of para-hydroxylation sites is 2. The average molecular weight is 386 g/mol. The highest BCUT2D eigenvalue weighted by molar-refractivity contribution is 6.30. The van der Waals surface area contributed by atoms with Crippen LogP contribution in [0, 0.1) is 0 Å². The molecule has 27 heavy (non-hydrogen) atoms. The molecule has 1 atom stereocenters. The molecule has 3 aromatic rings. The first-order chi connectivity index (χ1) is 13.1. The third kappa shape index (κ3) is 3.77. The Morgan fingerprint density at radius 2 is 1.89 bits per heavy atom. The van der Waals surface area contributed by atoms with E-state index in [2.05, 4.69) is 22.0 Å². The van der Waals surface area contributed by atoms with Crippen molar-refractivity contribution in [3.8, 4) is 17.2 Å². The van der Waals surface area contributed by atoms with Crippen molar-refractivity contribution in [2.24, 2.45) is 0 Å². The molecule has 1 aliphatic heterocycles. The van der Waals surface area contributed by atoms with Gasteiger partial charge in [-0.15, -0.1) is 10.2 Å². The van der Waals surface area contributed by atoms with Crippen molar-refractivity contribution in [1.29, 1.82) is 0 Å². The number of hydrogen-bond acceptors (Lipinski definition) is 5. The smallest absolute Gasteiger partial charge is 0.274 e. The molecule has 0 radical (unpaired) electrons. The Bertz CT molecular complexity index is 922. The largest absolute Gasteiger partial charge is 0.506 e. The fraction of sp³-hybridized carbons (Fsp3) is 0.300. The van der Waals surface area contributed by atoms with Gasteiger partial charge in [-0.1, -0.05) is 29.8 Å². The molecule has 0 bridgehead atoms. The second-order valence-electron chi connectivity index (χ2n) is 6.81. The topological polar surface area (TPSA) is 66.8 Å². The number of nitrogens with zero attached hydrogens (tertiary/aromatic N) is 3. The maximum atomic E-state index is 10.1. The molecule has 140 valence electrons. The lowest BCUT2D eigenvalue weighted by atomic mass is 10.2.